The normalized spacial score (nSPS) is 14.7. The molecule has 0 radical (unpaired) electrons. The second-order valence-corrected chi connectivity index (χ2v) is 8.66. The van der Waals surface area contributed by atoms with Gasteiger partial charge in [0, 0.05) is 13.1 Å². The number of carbonyl (C=O) groups excluding carboxylic acids is 1. The largest absolute Gasteiger partial charge is 0.378 e. The van der Waals surface area contributed by atoms with E-state index in [0.717, 1.165) is 11.1 Å². The van der Waals surface area contributed by atoms with E-state index in [0.29, 0.717) is 38.4 Å². The third kappa shape index (κ3) is 4.36. The summed E-state index contributed by atoms with van der Waals surface area (Å²) in [6.07, 6.45) is 0.668. The lowest BCUT2D eigenvalue weighted by Crippen LogP contribution is -2.47. The molecule has 2 aromatic carbocycles. The maximum atomic E-state index is 13.5. The van der Waals surface area contributed by atoms with Crippen LogP contribution in [0.15, 0.2) is 53.4 Å². The van der Waals surface area contributed by atoms with E-state index >= 15 is 0 Å². The van der Waals surface area contributed by atoms with Crippen LogP contribution in [-0.2, 0) is 26.0 Å². The molecule has 0 unspecified atom stereocenters. The summed E-state index contributed by atoms with van der Waals surface area (Å²) in [5, 5.41) is 0. The lowest BCUT2D eigenvalue weighted by molar-refractivity contribution is -0.133. The third-order valence-electron chi connectivity index (χ3n) is 4.89. The minimum absolute atomic E-state index is 0.179. The van der Waals surface area contributed by atoms with Gasteiger partial charge >= 0.3 is 0 Å². The van der Waals surface area contributed by atoms with Crippen LogP contribution in [0, 0.1) is 6.92 Å². The Bertz CT molecular complexity index is 920. The quantitative estimate of drug-likeness (QED) is 0.745. The van der Waals surface area contributed by atoms with Crippen molar-refractivity contribution in [2.45, 2.75) is 25.2 Å². The first-order valence-electron chi connectivity index (χ1n) is 9.46. The van der Waals surface area contributed by atoms with Gasteiger partial charge in [0.05, 0.1) is 23.8 Å². The van der Waals surface area contributed by atoms with Gasteiger partial charge in [-0.2, -0.15) is 0 Å². The first-order chi connectivity index (χ1) is 13.4. The van der Waals surface area contributed by atoms with Gasteiger partial charge < -0.3 is 9.64 Å². The Hall–Kier alpha value is -2.38. The molecular formula is C21H26N2O4S. The van der Waals surface area contributed by atoms with Crippen molar-refractivity contribution in [1.29, 1.82) is 0 Å². The molecule has 1 heterocycles. The Morgan fingerprint density at radius 2 is 1.71 bits per heavy atom. The highest BCUT2D eigenvalue weighted by Crippen LogP contribution is 2.28. The number of nitrogens with zero attached hydrogens (tertiary/aromatic N) is 2. The van der Waals surface area contributed by atoms with Crippen LogP contribution < -0.4 is 4.31 Å². The zero-order chi connectivity index (χ0) is 20.1. The number of hydrogen-bond donors (Lipinski definition) is 0. The Kier molecular flexibility index (Phi) is 6.36. The predicted octanol–water partition coefficient (Wildman–Crippen LogP) is 2.61. The molecule has 1 aliphatic rings. The SMILES string of the molecule is CCc1ccccc1N(CC(=O)N1CCOCC1)S(=O)(=O)c1ccc(C)cc1. The van der Waals surface area contributed by atoms with Crippen molar-refractivity contribution < 1.29 is 17.9 Å². The molecular weight excluding hydrogens is 376 g/mol. The maximum Gasteiger partial charge on any atom is 0.264 e. The van der Waals surface area contributed by atoms with Gasteiger partial charge in [-0.3, -0.25) is 9.10 Å². The maximum absolute atomic E-state index is 13.5. The Labute approximate surface area is 166 Å². The van der Waals surface area contributed by atoms with E-state index in [2.05, 4.69) is 0 Å². The average molecular weight is 403 g/mol. The number of ether oxygens (including phenoxy) is 1. The Morgan fingerprint density at radius 1 is 1.07 bits per heavy atom. The van der Waals surface area contributed by atoms with Crippen molar-refractivity contribution in [3.63, 3.8) is 0 Å². The monoisotopic (exact) mass is 402 g/mol. The third-order valence-corrected chi connectivity index (χ3v) is 6.67. The molecule has 1 aliphatic heterocycles. The number of sulfonamides is 1. The summed E-state index contributed by atoms with van der Waals surface area (Å²) < 4.78 is 33.5. The van der Waals surface area contributed by atoms with Crippen molar-refractivity contribution in [3.05, 3.63) is 59.7 Å². The molecule has 0 N–H and O–H groups in total. The van der Waals surface area contributed by atoms with Crippen LogP contribution in [0.4, 0.5) is 5.69 Å². The second-order valence-electron chi connectivity index (χ2n) is 6.80. The van der Waals surface area contributed by atoms with E-state index in [1.807, 2.05) is 26.0 Å². The fraction of sp³-hybridized carbons (Fsp3) is 0.381. The van der Waals surface area contributed by atoms with Crippen LogP contribution >= 0.6 is 0 Å². The standard InChI is InChI=1S/C21H26N2O4S/c1-3-18-6-4-5-7-20(18)23(16-21(24)22-12-14-27-15-13-22)28(25,26)19-10-8-17(2)9-11-19/h4-11H,3,12-16H2,1-2H3. The summed E-state index contributed by atoms with van der Waals surface area (Å²) in [7, 11) is -3.88. The molecule has 1 fully saturated rings. The number of amides is 1. The molecule has 0 spiro atoms. The Morgan fingerprint density at radius 3 is 2.36 bits per heavy atom. The number of rotatable bonds is 6. The summed E-state index contributed by atoms with van der Waals surface area (Å²) in [5.74, 6) is -0.218. The van der Waals surface area contributed by atoms with Crippen molar-refractivity contribution in [2.24, 2.45) is 0 Å². The van der Waals surface area contributed by atoms with Gasteiger partial charge in [-0.1, -0.05) is 42.8 Å². The van der Waals surface area contributed by atoms with E-state index in [-0.39, 0.29) is 17.3 Å². The molecule has 3 rings (SSSR count). The fourth-order valence-corrected chi connectivity index (χ4v) is 4.68. The van der Waals surface area contributed by atoms with Crippen molar-refractivity contribution >= 4 is 21.6 Å². The highest BCUT2D eigenvalue weighted by atomic mass is 32.2. The van der Waals surface area contributed by atoms with E-state index in [9.17, 15) is 13.2 Å². The van der Waals surface area contributed by atoms with Crippen LogP contribution in [0.25, 0.3) is 0 Å². The van der Waals surface area contributed by atoms with Gasteiger partial charge in [0.1, 0.15) is 6.54 Å². The number of para-hydroxylation sites is 1. The molecule has 0 atom stereocenters. The minimum atomic E-state index is -3.88. The van der Waals surface area contributed by atoms with Gasteiger partial charge in [0.15, 0.2) is 0 Å². The molecule has 0 saturated carbocycles. The lowest BCUT2D eigenvalue weighted by Gasteiger charge is -2.31. The van der Waals surface area contributed by atoms with Crippen LogP contribution in [0.1, 0.15) is 18.1 Å². The molecule has 6 nitrogen and oxygen atoms in total. The van der Waals surface area contributed by atoms with Gasteiger partial charge in [-0.25, -0.2) is 8.42 Å². The molecule has 2 aromatic rings. The number of hydrogen-bond acceptors (Lipinski definition) is 4. The topological polar surface area (TPSA) is 66.9 Å². The number of anilines is 1. The number of aryl methyl sites for hydroxylation is 2. The van der Waals surface area contributed by atoms with Crippen LogP contribution in [0.2, 0.25) is 0 Å². The molecule has 0 aromatic heterocycles. The van der Waals surface area contributed by atoms with E-state index in [1.165, 1.54) is 4.31 Å². The first kappa shape index (κ1) is 20.4. The molecule has 28 heavy (non-hydrogen) atoms. The molecule has 0 bridgehead atoms. The average Bonchev–Trinajstić information content (AvgIpc) is 2.72. The number of benzene rings is 2. The molecule has 0 aliphatic carbocycles. The zero-order valence-electron chi connectivity index (χ0n) is 16.3. The van der Waals surface area contributed by atoms with Crippen molar-refractivity contribution in [2.75, 3.05) is 37.2 Å². The van der Waals surface area contributed by atoms with Gasteiger partial charge in [0.2, 0.25) is 5.91 Å². The summed E-state index contributed by atoms with van der Waals surface area (Å²) in [4.78, 5) is 14.7. The first-order valence-corrected chi connectivity index (χ1v) is 10.9. The smallest absolute Gasteiger partial charge is 0.264 e. The lowest BCUT2D eigenvalue weighted by atomic mass is 10.1. The number of morpholine rings is 1. The summed E-state index contributed by atoms with van der Waals surface area (Å²) in [6.45, 7) is 5.55. The summed E-state index contributed by atoms with van der Waals surface area (Å²) >= 11 is 0. The molecule has 150 valence electrons. The van der Waals surface area contributed by atoms with Gasteiger partial charge in [-0.05, 0) is 37.1 Å². The van der Waals surface area contributed by atoms with E-state index in [1.54, 1.807) is 41.3 Å². The molecule has 1 amide bonds. The van der Waals surface area contributed by atoms with Crippen LogP contribution in [0.5, 0.6) is 0 Å². The zero-order valence-corrected chi connectivity index (χ0v) is 17.1. The highest BCUT2D eigenvalue weighted by Gasteiger charge is 2.30. The van der Waals surface area contributed by atoms with Crippen LogP contribution in [0.3, 0.4) is 0 Å². The fourth-order valence-electron chi connectivity index (χ4n) is 3.23. The van der Waals surface area contributed by atoms with E-state index in [4.69, 9.17) is 4.74 Å². The minimum Gasteiger partial charge on any atom is -0.378 e. The van der Waals surface area contributed by atoms with Gasteiger partial charge in [0.25, 0.3) is 10.0 Å². The second kappa shape index (κ2) is 8.75. The summed E-state index contributed by atoms with van der Waals surface area (Å²) in [6, 6.07) is 14.0. The molecule has 7 heteroatoms. The molecule has 1 saturated heterocycles. The Balaban J connectivity index is 2.01. The summed E-state index contributed by atoms with van der Waals surface area (Å²) in [5.41, 5.74) is 2.41. The van der Waals surface area contributed by atoms with Crippen molar-refractivity contribution in [3.8, 4) is 0 Å². The highest BCUT2D eigenvalue weighted by molar-refractivity contribution is 7.92. The van der Waals surface area contributed by atoms with Crippen LogP contribution in [-0.4, -0.2) is 52.1 Å². The predicted molar refractivity (Wildman–Crippen MR) is 109 cm³/mol. The number of carbonyl (C=O) groups is 1. The van der Waals surface area contributed by atoms with E-state index < -0.39 is 10.0 Å². The van der Waals surface area contributed by atoms with Gasteiger partial charge in [-0.15, -0.1) is 0 Å². The van der Waals surface area contributed by atoms with Crippen molar-refractivity contribution in [1.82, 2.24) is 4.90 Å².